The van der Waals surface area contributed by atoms with Gasteiger partial charge in [-0.15, -0.1) is 5.06 Å². The molecule has 1 aliphatic heterocycles. The molecule has 5 nitrogen and oxygen atoms in total. The molecule has 10 heavy (non-hydrogen) atoms. The lowest BCUT2D eigenvalue weighted by molar-refractivity contribution is -0.103. The van der Waals surface area contributed by atoms with Crippen LogP contribution in [0.1, 0.15) is 5.69 Å². The van der Waals surface area contributed by atoms with E-state index in [-0.39, 0.29) is 6.73 Å². The fourth-order valence-electron chi connectivity index (χ4n) is 0.920. The molecular formula is C5H7N3O2. The zero-order valence-electron chi connectivity index (χ0n) is 5.24. The van der Waals surface area contributed by atoms with Crippen LogP contribution in [0, 0.1) is 0 Å². The maximum Gasteiger partial charge on any atom is 0.189 e. The maximum atomic E-state index is 8.62. The van der Waals surface area contributed by atoms with Crippen LogP contribution in [0.15, 0.2) is 6.20 Å². The van der Waals surface area contributed by atoms with Gasteiger partial charge in [-0.05, 0) is 0 Å². The van der Waals surface area contributed by atoms with E-state index in [1.165, 1.54) is 5.06 Å². The number of nitrogens with one attached hydrogen (secondary N) is 1. The molecule has 0 aliphatic carbocycles. The van der Waals surface area contributed by atoms with Crippen molar-refractivity contribution < 1.29 is 9.94 Å². The minimum Gasteiger partial charge on any atom is -0.400 e. The zero-order chi connectivity index (χ0) is 6.97. The summed E-state index contributed by atoms with van der Waals surface area (Å²) in [7, 11) is 0. The van der Waals surface area contributed by atoms with Gasteiger partial charge < -0.3 is 9.94 Å². The molecule has 1 aromatic heterocycles. The molecule has 5 heteroatoms. The first kappa shape index (κ1) is 5.70. The van der Waals surface area contributed by atoms with E-state index in [2.05, 4.69) is 10.2 Å². The Morgan fingerprint density at radius 1 is 1.90 bits per heavy atom. The second-order valence-electron chi connectivity index (χ2n) is 2.09. The van der Waals surface area contributed by atoms with E-state index in [9.17, 15) is 0 Å². The normalized spacial score (nSPS) is 16.9. The first-order valence-corrected chi connectivity index (χ1v) is 2.96. The van der Waals surface area contributed by atoms with Crippen molar-refractivity contribution in [3.8, 4) is 5.75 Å². The number of rotatable bonds is 1. The molecule has 1 aliphatic rings. The molecule has 0 amide bonds. The van der Waals surface area contributed by atoms with Gasteiger partial charge in [-0.1, -0.05) is 0 Å². The SMILES string of the molecule is OCN1Cc2[nH]ncc2O1. The molecule has 2 N–H and O–H groups in total. The van der Waals surface area contributed by atoms with Crippen molar-refractivity contribution in [2.45, 2.75) is 6.54 Å². The van der Waals surface area contributed by atoms with Gasteiger partial charge >= 0.3 is 0 Å². The Hall–Kier alpha value is -1.07. The third-order valence-electron chi connectivity index (χ3n) is 1.40. The highest BCUT2D eigenvalue weighted by Crippen LogP contribution is 2.23. The molecule has 0 saturated heterocycles. The average molecular weight is 141 g/mol. The number of hydroxylamine groups is 2. The highest BCUT2D eigenvalue weighted by molar-refractivity contribution is 5.25. The van der Waals surface area contributed by atoms with Crippen LogP contribution in [0.4, 0.5) is 0 Å². The minimum absolute atomic E-state index is 0.0947. The third kappa shape index (κ3) is 0.680. The van der Waals surface area contributed by atoms with Crippen molar-refractivity contribution in [2.75, 3.05) is 6.73 Å². The summed E-state index contributed by atoms with van der Waals surface area (Å²) in [6.07, 6.45) is 1.59. The van der Waals surface area contributed by atoms with Crippen molar-refractivity contribution in [2.24, 2.45) is 0 Å². The van der Waals surface area contributed by atoms with Crippen LogP contribution in [-0.4, -0.2) is 27.1 Å². The summed E-state index contributed by atoms with van der Waals surface area (Å²) in [5.74, 6) is 0.703. The Labute approximate surface area is 57.2 Å². The molecule has 0 fully saturated rings. The van der Waals surface area contributed by atoms with Crippen LogP contribution in [0.2, 0.25) is 0 Å². The minimum atomic E-state index is -0.0947. The van der Waals surface area contributed by atoms with Crippen LogP contribution < -0.4 is 4.84 Å². The first-order chi connectivity index (χ1) is 4.90. The number of aliphatic hydroxyl groups is 1. The van der Waals surface area contributed by atoms with Gasteiger partial charge in [0.05, 0.1) is 18.4 Å². The molecule has 54 valence electrons. The summed E-state index contributed by atoms with van der Waals surface area (Å²) >= 11 is 0. The van der Waals surface area contributed by atoms with Crippen LogP contribution in [0.5, 0.6) is 5.75 Å². The van der Waals surface area contributed by atoms with Crippen LogP contribution in [0.3, 0.4) is 0 Å². The molecule has 0 unspecified atom stereocenters. The van der Waals surface area contributed by atoms with Gasteiger partial charge in [-0.3, -0.25) is 5.10 Å². The van der Waals surface area contributed by atoms with E-state index in [1.54, 1.807) is 6.20 Å². The van der Waals surface area contributed by atoms with E-state index in [1.807, 2.05) is 0 Å². The summed E-state index contributed by atoms with van der Waals surface area (Å²) in [6, 6.07) is 0. The summed E-state index contributed by atoms with van der Waals surface area (Å²) in [4.78, 5) is 5.09. The molecular weight excluding hydrogens is 134 g/mol. The van der Waals surface area contributed by atoms with Gasteiger partial charge in [0.25, 0.3) is 0 Å². The quantitative estimate of drug-likeness (QED) is 0.552. The number of aromatic amines is 1. The van der Waals surface area contributed by atoms with E-state index >= 15 is 0 Å². The van der Waals surface area contributed by atoms with E-state index in [0.29, 0.717) is 12.3 Å². The molecule has 0 radical (unpaired) electrons. The second kappa shape index (κ2) is 1.96. The topological polar surface area (TPSA) is 61.4 Å². The monoisotopic (exact) mass is 141 g/mol. The highest BCUT2D eigenvalue weighted by Gasteiger charge is 2.21. The van der Waals surface area contributed by atoms with Crippen molar-refractivity contribution in [3.05, 3.63) is 11.9 Å². The van der Waals surface area contributed by atoms with E-state index < -0.39 is 0 Å². The largest absolute Gasteiger partial charge is 0.400 e. The van der Waals surface area contributed by atoms with Crippen LogP contribution in [0.25, 0.3) is 0 Å². The second-order valence-corrected chi connectivity index (χ2v) is 2.09. The Kier molecular flexibility index (Phi) is 1.12. The summed E-state index contributed by atoms with van der Waals surface area (Å²) in [5, 5.41) is 16.6. The predicted molar refractivity (Wildman–Crippen MR) is 31.8 cm³/mol. The number of H-pyrrole nitrogens is 1. The lowest BCUT2D eigenvalue weighted by Gasteiger charge is -2.08. The number of fused-ring (bicyclic) bond motifs is 1. The smallest absolute Gasteiger partial charge is 0.189 e. The van der Waals surface area contributed by atoms with Crippen LogP contribution >= 0.6 is 0 Å². The van der Waals surface area contributed by atoms with Crippen molar-refractivity contribution in [1.29, 1.82) is 0 Å². The molecule has 0 aromatic carbocycles. The zero-order valence-corrected chi connectivity index (χ0v) is 5.24. The Morgan fingerprint density at radius 3 is 3.50 bits per heavy atom. The van der Waals surface area contributed by atoms with Gasteiger partial charge in [0.15, 0.2) is 5.75 Å². The lowest BCUT2D eigenvalue weighted by Crippen LogP contribution is -2.22. The summed E-state index contributed by atoms with van der Waals surface area (Å²) < 4.78 is 0. The van der Waals surface area contributed by atoms with Crippen molar-refractivity contribution in [3.63, 3.8) is 0 Å². The Balaban J connectivity index is 2.21. The molecule has 1 aromatic rings. The average Bonchev–Trinajstić information content (AvgIpc) is 2.42. The third-order valence-corrected chi connectivity index (χ3v) is 1.40. The van der Waals surface area contributed by atoms with E-state index in [4.69, 9.17) is 9.94 Å². The van der Waals surface area contributed by atoms with Gasteiger partial charge in [0, 0.05) is 0 Å². The molecule has 2 rings (SSSR count). The highest BCUT2D eigenvalue weighted by atomic mass is 16.7. The number of hydrogen-bond donors (Lipinski definition) is 2. The van der Waals surface area contributed by atoms with Crippen LogP contribution in [-0.2, 0) is 6.54 Å². The molecule has 0 spiro atoms. The van der Waals surface area contributed by atoms with Crippen molar-refractivity contribution >= 4 is 0 Å². The predicted octanol–water partition coefficient (Wildman–Crippen LogP) is -0.531. The Bertz CT molecular complexity index is 214. The summed E-state index contributed by atoms with van der Waals surface area (Å²) in [6.45, 7) is 0.481. The lowest BCUT2D eigenvalue weighted by atomic mass is 10.4. The number of aliphatic hydroxyl groups excluding tert-OH is 1. The number of aromatic nitrogens is 2. The first-order valence-electron chi connectivity index (χ1n) is 2.96. The van der Waals surface area contributed by atoms with E-state index in [0.717, 1.165) is 5.69 Å². The number of hydrogen-bond acceptors (Lipinski definition) is 4. The van der Waals surface area contributed by atoms with Gasteiger partial charge in [-0.25, -0.2) is 0 Å². The molecule has 0 atom stereocenters. The van der Waals surface area contributed by atoms with Gasteiger partial charge in [0.2, 0.25) is 0 Å². The standard InChI is InChI=1S/C5H7N3O2/c9-3-8-2-4-5(10-8)1-6-7-4/h1,9H,2-3H2,(H,6,7). The van der Waals surface area contributed by atoms with Gasteiger partial charge in [-0.2, -0.15) is 5.10 Å². The molecule has 0 bridgehead atoms. The summed E-state index contributed by atoms with van der Waals surface area (Å²) in [5.41, 5.74) is 0.911. The molecule has 0 saturated carbocycles. The Morgan fingerprint density at radius 2 is 2.80 bits per heavy atom. The fourth-order valence-corrected chi connectivity index (χ4v) is 0.920. The maximum absolute atomic E-state index is 8.62. The fraction of sp³-hybridized carbons (Fsp3) is 0.400. The van der Waals surface area contributed by atoms with Crippen molar-refractivity contribution in [1.82, 2.24) is 15.3 Å². The molecule has 2 heterocycles. The number of nitrogens with zero attached hydrogens (tertiary/aromatic N) is 2. The van der Waals surface area contributed by atoms with Gasteiger partial charge in [0.1, 0.15) is 6.73 Å².